The van der Waals surface area contributed by atoms with Crippen molar-refractivity contribution in [1.82, 2.24) is 0 Å². The molecule has 0 saturated carbocycles. The topological polar surface area (TPSA) is 55.2 Å². The van der Waals surface area contributed by atoms with Crippen LogP contribution in [0.2, 0.25) is 0 Å². The minimum Gasteiger partial charge on any atom is -0.381 e. The average Bonchev–Trinajstić information content (AvgIpc) is 2.38. The normalized spacial score (nSPS) is 10.5. The van der Waals surface area contributed by atoms with E-state index in [0.29, 0.717) is 12.2 Å². The minimum atomic E-state index is -0.826. The fraction of sp³-hybridized carbons (Fsp3) is 0.250. The molecule has 0 bridgehead atoms. The zero-order chi connectivity index (χ0) is 15.6. The lowest BCUT2D eigenvalue weighted by Gasteiger charge is -2.13. The Morgan fingerprint density at radius 1 is 1.14 bits per heavy atom. The molecule has 0 heterocycles. The van der Waals surface area contributed by atoms with Crippen molar-refractivity contribution in [2.45, 2.75) is 27.3 Å². The summed E-state index contributed by atoms with van der Waals surface area (Å²) in [6.45, 7) is 6.65. The van der Waals surface area contributed by atoms with Gasteiger partial charge in [-0.15, -0.1) is 0 Å². The Balaban J connectivity index is 2.21. The van der Waals surface area contributed by atoms with Crippen LogP contribution in [-0.2, 0) is 6.54 Å². The van der Waals surface area contributed by atoms with Crippen molar-refractivity contribution in [2.75, 3.05) is 5.32 Å². The summed E-state index contributed by atoms with van der Waals surface area (Å²) in [7, 11) is 0. The quantitative estimate of drug-likeness (QED) is 0.675. The Morgan fingerprint density at radius 3 is 2.33 bits per heavy atom. The number of aryl methyl sites for hydroxylation is 3. The Bertz CT molecular complexity index is 676. The third kappa shape index (κ3) is 3.37. The van der Waals surface area contributed by atoms with Gasteiger partial charge in [0, 0.05) is 18.3 Å². The zero-order valence-electron chi connectivity index (χ0n) is 12.2. The van der Waals surface area contributed by atoms with Crippen LogP contribution in [-0.4, -0.2) is 4.92 Å². The maximum absolute atomic E-state index is 13.3. The number of nitro groups is 1. The first-order valence-electron chi connectivity index (χ1n) is 6.63. The molecular weight excluding hydrogens is 271 g/mol. The van der Waals surface area contributed by atoms with Crippen LogP contribution >= 0.6 is 0 Å². The second-order valence-corrected chi connectivity index (χ2v) is 5.15. The fourth-order valence-electron chi connectivity index (χ4n) is 2.44. The van der Waals surface area contributed by atoms with Crippen LogP contribution in [0.25, 0.3) is 0 Å². The van der Waals surface area contributed by atoms with Crippen LogP contribution < -0.4 is 5.32 Å². The largest absolute Gasteiger partial charge is 0.381 e. The molecule has 0 spiro atoms. The van der Waals surface area contributed by atoms with Gasteiger partial charge in [0.2, 0.25) is 5.82 Å². The lowest BCUT2D eigenvalue weighted by Crippen LogP contribution is -2.05. The first-order valence-corrected chi connectivity index (χ1v) is 6.63. The van der Waals surface area contributed by atoms with Gasteiger partial charge in [0.25, 0.3) is 0 Å². The maximum Gasteiger partial charge on any atom is 0.306 e. The Hall–Kier alpha value is -2.43. The van der Waals surface area contributed by atoms with Crippen LogP contribution in [0.15, 0.2) is 30.3 Å². The van der Waals surface area contributed by atoms with Gasteiger partial charge in [-0.3, -0.25) is 10.1 Å². The van der Waals surface area contributed by atoms with E-state index in [-0.39, 0.29) is 0 Å². The fourth-order valence-corrected chi connectivity index (χ4v) is 2.44. The summed E-state index contributed by atoms with van der Waals surface area (Å²) >= 11 is 0. The smallest absolute Gasteiger partial charge is 0.306 e. The Labute approximate surface area is 122 Å². The molecule has 0 aliphatic heterocycles. The molecule has 0 atom stereocenters. The van der Waals surface area contributed by atoms with E-state index in [2.05, 4.69) is 17.4 Å². The summed E-state index contributed by atoms with van der Waals surface area (Å²) in [5.41, 5.74) is 4.69. The molecule has 2 rings (SSSR count). The predicted octanol–water partition coefficient (Wildman–Crippen LogP) is 4.27. The number of nitrogens with one attached hydrogen (secondary N) is 1. The summed E-state index contributed by atoms with van der Waals surface area (Å²) in [6.07, 6.45) is 0. The molecular formula is C16H17FN2O2. The van der Waals surface area contributed by atoms with Crippen molar-refractivity contribution in [3.05, 3.63) is 68.5 Å². The predicted molar refractivity (Wildman–Crippen MR) is 81.0 cm³/mol. The molecule has 0 amide bonds. The monoisotopic (exact) mass is 288 g/mol. The second kappa shape index (κ2) is 5.91. The third-order valence-electron chi connectivity index (χ3n) is 3.45. The molecule has 0 aliphatic carbocycles. The van der Waals surface area contributed by atoms with Crippen molar-refractivity contribution in [3.63, 3.8) is 0 Å². The van der Waals surface area contributed by atoms with Crippen LogP contribution in [0, 0.1) is 36.7 Å². The molecule has 4 nitrogen and oxygen atoms in total. The van der Waals surface area contributed by atoms with Gasteiger partial charge < -0.3 is 5.32 Å². The van der Waals surface area contributed by atoms with Crippen LogP contribution in [0.1, 0.15) is 22.3 Å². The lowest BCUT2D eigenvalue weighted by molar-refractivity contribution is -0.387. The molecule has 0 saturated heterocycles. The van der Waals surface area contributed by atoms with Crippen molar-refractivity contribution >= 4 is 11.4 Å². The van der Waals surface area contributed by atoms with E-state index in [0.717, 1.165) is 22.8 Å². The van der Waals surface area contributed by atoms with Gasteiger partial charge in [-0.25, -0.2) is 0 Å². The Morgan fingerprint density at radius 2 is 1.76 bits per heavy atom. The number of anilines is 1. The van der Waals surface area contributed by atoms with E-state index in [1.54, 1.807) is 0 Å². The van der Waals surface area contributed by atoms with E-state index in [1.807, 2.05) is 20.8 Å². The number of halogens is 1. The number of nitro benzene ring substituents is 1. The molecule has 0 unspecified atom stereocenters. The molecule has 0 aliphatic rings. The number of hydrogen-bond donors (Lipinski definition) is 1. The Kier molecular flexibility index (Phi) is 4.21. The second-order valence-electron chi connectivity index (χ2n) is 5.15. The molecule has 2 aromatic carbocycles. The van der Waals surface area contributed by atoms with E-state index in [1.165, 1.54) is 17.7 Å². The number of hydrogen-bond acceptors (Lipinski definition) is 3. The minimum absolute atomic E-state index is 0.516. The highest BCUT2D eigenvalue weighted by molar-refractivity contribution is 5.52. The maximum atomic E-state index is 13.3. The van der Waals surface area contributed by atoms with E-state index in [4.69, 9.17) is 0 Å². The van der Waals surface area contributed by atoms with Crippen molar-refractivity contribution in [2.24, 2.45) is 0 Å². The average molecular weight is 288 g/mol. The summed E-state index contributed by atoms with van der Waals surface area (Å²) in [4.78, 5) is 10.0. The lowest BCUT2D eigenvalue weighted by atomic mass is 10.00. The van der Waals surface area contributed by atoms with Crippen LogP contribution in [0.3, 0.4) is 0 Å². The molecule has 0 radical (unpaired) electrons. The van der Waals surface area contributed by atoms with E-state index >= 15 is 0 Å². The molecule has 1 N–H and O–H groups in total. The summed E-state index contributed by atoms with van der Waals surface area (Å²) in [5.74, 6) is -0.826. The van der Waals surface area contributed by atoms with Gasteiger partial charge in [0.15, 0.2) is 0 Å². The van der Waals surface area contributed by atoms with Gasteiger partial charge in [0.1, 0.15) is 0 Å². The van der Waals surface area contributed by atoms with Gasteiger partial charge >= 0.3 is 5.69 Å². The van der Waals surface area contributed by atoms with Crippen molar-refractivity contribution in [1.29, 1.82) is 0 Å². The summed E-state index contributed by atoms with van der Waals surface area (Å²) in [5, 5.41) is 13.8. The highest BCUT2D eigenvalue weighted by atomic mass is 19.1. The first kappa shape index (κ1) is 15.0. The molecule has 0 aromatic heterocycles. The summed E-state index contributed by atoms with van der Waals surface area (Å²) < 4.78 is 13.3. The number of nitrogens with zero attached hydrogens (tertiary/aromatic N) is 1. The van der Waals surface area contributed by atoms with Gasteiger partial charge in [-0.1, -0.05) is 17.7 Å². The molecule has 0 fully saturated rings. The van der Waals surface area contributed by atoms with Crippen LogP contribution in [0.4, 0.5) is 15.8 Å². The van der Waals surface area contributed by atoms with Crippen molar-refractivity contribution in [3.8, 4) is 0 Å². The highest BCUT2D eigenvalue weighted by Gasteiger charge is 2.14. The standard InChI is InChI=1S/C16H17FN2O2/c1-10-6-11(2)14(12(3)7-10)9-18-13-4-5-15(17)16(8-13)19(20)21/h4-8,18H,9H2,1-3H3. The van der Waals surface area contributed by atoms with Crippen molar-refractivity contribution < 1.29 is 9.31 Å². The van der Waals surface area contributed by atoms with Gasteiger partial charge in [0.05, 0.1) is 4.92 Å². The van der Waals surface area contributed by atoms with E-state index < -0.39 is 16.4 Å². The van der Waals surface area contributed by atoms with Gasteiger partial charge in [-0.2, -0.15) is 4.39 Å². The SMILES string of the molecule is Cc1cc(C)c(CNc2ccc(F)c([N+](=O)[O-])c2)c(C)c1. The molecule has 21 heavy (non-hydrogen) atoms. The molecule has 5 heteroatoms. The highest BCUT2D eigenvalue weighted by Crippen LogP contribution is 2.23. The van der Waals surface area contributed by atoms with Gasteiger partial charge in [-0.05, 0) is 49.6 Å². The summed E-state index contributed by atoms with van der Waals surface area (Å²) in [6, 6.07) is 8.01. The first-order chi connectivity index (χ1) is 9.88. The van der Waals surface area contributed by atoms with Crippen LogP contribution in [0.5, 0.6) is 0 Å². The third-order valence-corrected chi connectivity index (χ3v) is 3.45. The number of benzene rings is 2. The zero-order valence-corrected chi connectivity index (χ0v) is 12.2. The number of rotatable bonds is 4. The molecule has 2 aromatic rings. The molecule has 110 valence electrons. The van der Waals surface area contributed by atoms with E-state index in [9.17, 15) is 14.5 Å².